The van der Waals surface area contributed by atoms with Gasteiger partial charge in [0.25, 0.3) is 0 Å². The summed E-state index contributed by atoms with van der Waals surface area (Å²) >= 11 is 0. The normalized spacial score (nSPS) is 21.5. The third-order valence-corrected chi connectivity index (χ3v) is 6.86. The van der Waals surface area contributed by atoms with Gasteiger partial charge in [-0.15, -0.1) is 0 Å². The Balaban J connectivity index is 1.99. The van der Waals surface area contributed by atoms with E-state index >= 15 is 0 Å². The third-order valence-electron chi connectivity index (χ3n) is 6.86. The van der Waals surface area contributed by atoms with Crippen LogP contribution in [-0.4, -0.2) is 83.8 Å². The Morgan fingerprint density at radius 2 is 1.20 bits per heavy atom. The molecule has 15 heteroatoms. The summed E-state index contributed by atoms with van der Waals surface area (Å²) in [6, 6.07) is 12.5. The number of hydrogen-bond donors (Lipinski definition) is 8. The van der Waals surface area contributed by atoms with Crippen molar-refractivity contribution in [3.8, 4) is 0 Å². The summed E-state index contributed by atoms with van der Waals surface area (Å²) in [4.78, 5) is 81.9. The highest BCUT2D eigenvalue weighted by molar-refractivity contribution is 5.98. The number of guanidine groups is 1. The van der Waals surface area contributed by atoms with Crippen LogP contribution in [0.1, 0.15) is 30.4 Å². The Bertz CT molecular complexity index is 1380. The molecule has 0 bridgehead atoms. The average molecular weight is 623 g/mol. The first-order valence-corrected chi connectivity index (χ1v) is 14.3. The summed E-state index contributed by atoms with van der Waals surface area (Å²) < 4.78 is 0. The van der Waals surface area contributed by atoms with Gasteiger partial charge in [-0.05, 0) is 24.0 Å². The number of rotatable bonds is 10. The number of carboxylic acids is 1. The van der Waals surface area contributed by atoms with Gasteiger partial charge in [0.1, 0.15) is 24.2 Å². The van der Waals surface area contributed by atoms with Crippen molar-refractivity contribution in [1.29, 1.82) is 0 Å². The lowest BCUT2D eigenvalue weighted by Crippen LogP contribution is -2.58. The zero-order valence-electron chi connectivity index (χ0n) is 24.5. The van der Waals surface area contributed by atoms with Gasteiger partial charge in [-0.1, -0.05) is 60.7 Å². The monoisotopic (exact) mass is 622 g/mol. The van der Waals surface area contributed by atoms with Gasteiger partial charge in [-0.3, -0.25) is 33.8 Å². The smallest absolute Gasteiger partial charge is 0.305 e. The molecule has 0 unspecified atom stereocenters. The Labute approximate surface area is 259 Å². The summed E-state index contributed by atoms with van der Waals surface area (Å²) in [6.07, 6.45) is -0.361. The molecule has 2 aromatic carbocycles. The van der Waals surface area contributed by atoms with Crippen molar-refractivity contribution in [2.45, 2.75) is 56.3 Å². The lowest BCUT2D eigenvalue weighted by molar-refractivity contribution is -0.141. The number of carbonyl (C=O) groups excluding carboxylic acids is 5. The molecule has 0 radical (unpaired) electrons. The fraction of sp³-hybridized carbons (Fsp3) is 0.367. The van der Waals surface area contributed by atoms with Crippen LogP contribution in [-0.2, 0) is 41.6 Å². The molecule has 0 aliphatic carbocycles. The number of nitrogens with one attached hydrogen (secondary N) is 5. The molecule has 1 heterocycles. The van der Waals surface area contributed by atoms with Crippen molar-refractivity contribution in [2.24, 2.45) is 16.5 Å². The summed E-state index contributed by atoms with van der Waals surface area (Å²) in [5.41, 5.74) is 12.1. The molecule has 1 saturated heterocycles. The first-order valence-electron chi connectivity index (χ1n) is 14.3. The maximum absolute atomic E-state index is 13.7. The van der Waals surface area contributed by atoms with Crippen molar-refractivity contribution < 1.29 is 33.9 Å². The van der Waals surface area contributed by atoms with Crippen LogP contribution in [0.2, 0.25) is 0 Å². The second-order valence-electron chi connectivity index (χ2n) is 10.4. The van der Waals surface area contributed by atoms with Crippen LogP contribution in [0.3, 0.4) is 0 Å². The molecule has 240 valence electrons. The van der Waals surface area contributed by atoms with Crippen molar-refractivity contribution >= 4 is 41.5 Å². The number of carbonyl (C=O) groups is 6. The van der Waals surface area contributed by atoms with Crippen molar-refractivity contribution in [2.75, 3.05) is 13.1 Å². The summed E-state index contributed by atoms with van der Waals surface area (Å²) in [5, 5.41) is 22.0. The van der Waals surface area contributed by atoms with Gasteiger partial charge in [0, 0.05) is 19.4 Å². The van der Waals surface area contributed by atoms with E-state index in [4.69, 9.17) is 11.5 Å². The molecule has 0 saturated carbocycles. The van der Waals surface area contributed by atoms with E-state index in [1.54, 1.807) is 60.7 Å². The molecule has 1 aliphatic rings. The van der Waals surface area contributed by atoms with Gasteiger partial charge in [0.2, 0.25) is 29.5 Å². The highest BCUT2D eigenvalue weighted by Crippen LogP contribution is 2.09. The van der Waals surface area contributed by atoms with Crippen LogP contribution in [0.5, 0.6) is 0 Å². The number of amides is 5. The van der Waals surface area contributed by atoms with E-state index in [0.717, 1.165) is 0 Å². The number of nitrogens with zero attached hydrogens (tertiary/aromatic N) is 1. The lowest BCUT2D eigenvalue weighted by Gasteiger charge is -2.26. The van der Waals surface area contributed by atoms with Gasteiger partial charge < -0.3 is 43.2 Å². The predicted molar refractivity (Wildman–Crippen MR) is 163 cm³/mol. The number of benzene rings is 2. The summed E-state index contributed by atoms with van der Waals surface area (Å²) in [5.74, 6) is -5.42. The highest BCUT2D eigenvalue weighted by atomic mass is 16.4. The Morgan fingerprint density at radius 1 is 0.711 bits per heavy atom. The van der Waals surface area contributed by atoms with E-state index in [2.05, 4.69) is 31.6 Å². The van der Waals surface area contributed by atoms with E-state index in [9.17, 15) is 33.9 Å². The van der Waals surface area contributed by atoms with E-state index in [0.29, 0.717) is 11.1 Å². The van der Waals surface area contributed by atoms with Gasteiger partial charge >= 0.3 is 5.97 Å². The largest absolute Gasteiger partial charge is 0.481 e. The summed E-state index contributed by atoms with van der Waals surface area (Å²) in [7, 11) is 0. The van der Waals surface area contributed by atoms with E-state index in [1.807, 2.05) is 0 Å². The minimum absolute atomic E-state index is 0.000709. The average Bonchev–Trinajstić information content (AvgIpc) is 3.00. The molecule has 3 rings (SSSR count). The maximum Gasteiger partial charge on any atom is 0.305 e. The maximum atomic E-state index is 13.7. The Morgan fingerprint density at radius 3 is 1.69 bits per heavy atom. The lowest BCUT2D eigenvalue weighted by atomic mass is 10.0. The van der Waals surface area contributed by atoms with Crippen LogP contribution >= 0.6 is 0 Å². The minimum atomic E-state index is -1.56. The van der Waals surface area contributed by atoms with Gasteiger partial charge in [-0.25, -0.2) is 0 Å². The van der Waals surface area contributed by atoms with Crippen LogP contribution in [0, 0.1) is 0 Å². The number of aliphatic carboxylic acids is 1. The van der Waals surface area contributed by atoms with E-state index < -0.39 is 72.6 Å². The highest BCUT2D eigenvalue weighted by Gasteiger charge is 2.33. The Hall–Kier alpha value is -5.47. The fourth-order valence-corrected chi connectivity index (χ4v) is 4.63. The molecule has 1 fully saturated rings. The quantitative estimate of drug-likeness (QED) is 0.0834. The molecule has 10 N–H and O–H groups in total. The molecule has 4 atom stereocenters. The molecule has 5 amide bonds. The third kappa shape index (κ3) is 11.6. The number of hydrogen-bond acceptors (Lipinski definition) is 7. The minimum Gasteiger partial charge on any atom is -0.481 e. The molecule has 15 nitrogen and oxygen atoms in total. The summed E-state index contributed by atoms with van der Waals surface area (Å²) in [6.45, 7) is -0.445. The van der Waals surface area contributed by atoms with Crippen molar-refractivity contribution in [3.05, 3.63) is 71.8 Å². The van der Waals surface area contributed by atoms with Crippen molar-refractivity contribution in [1.82, 2.24) is 26.6 Å². The molecular formula is C30H38N8O7. The number of carboxylic acid groups (broad SMARTS) is 1. The topological polar surface area (TPSA) is 247 Å². The number of nitrogens with two attached hydrogens (primary N) is 2. The fourth-order valence-electron chi connectivity index (χ4n) is 4.63. The van der Waals surface area contributed by atoms with E-state index in [-0.39, 0.29) is 38.2 Å². The van der Waals surface area contributed by atoms with E-state index in [1.165, 1.54) is 0 Å². The van der Waals surface area contributed by atoms with Gasteiger partial charge in [0.05, 0.1) is 13.0 Å². The van der Waals surface area contributed by atoms with Crippen LogP contribution in [0.25, 0.3) is 0 Å². The first-order chi connectivity index (χ1) is 21.5. The second kappa shape index (κ2) is 17.0. The number of aliphatic imine (C=N–C) groups is 1. The van der Waals surface area contributed by atoms with Gasteiger partial charge in [-0.2, -0.15) is 0 Å². The molecule has 0 aromatic heterocycles. The second-order valence-corrected chi connectivity index (χ2v) is 10.4. The SMILES string of the molecule is NC(N)=NCCC[C@@H]1NC(=O)[C@@H](Cc2ccccc2)NC(=O)[C@H](Cc2ccccc2)NC(=O)[C@H](CC(=O)O)NC(=O)CNC1=O. The predicted octanol–water partition coefficient (Wildman–Crippen LogP) is -1.93. The van der Waals surface area contributed by atoms with Gasteiger partial charge in [0.15, 0.2) is 5.96 Å². The molecule has 1 aliphatic heterocycles. The molecule has 0 spiro atoms. The standard InChI is InChI=1S/C30H38N8O7/c31-30(32)33-13-7-12-20-26(42)34-17-24(39)35-23(16-25(40)41)29(45)38-22(15-19-10-5-2-6-11-19)28(44)37-21(27(43)36-20)14-18-8-3-1-4-9-18/h1-6,8-11,20-23H,7,12-17H2,(H,34,42)(H,35,39)(H,36,43)(H,37,44)(H,38,45)(H,40,41)(H4,31,32,33)/t20-,21+,22-,23-/m0/s1. The Kier molecular flexibility index (Phi) is 12.8. The van der Waals surface area contributed by atoms with Crippen LogP contribution < -0.4 is 38.1 Å². The zero-order chi connectivity index (χ0) is 32.8. The molecule has 2 aromatic rings. The van der Waals surface area contributed by atoms with Crippen LogP contribution in [0.4, 0.5) is 0 Å². The van der Waals surface area contributed by atoms with Crippen molar-refractivity contribution in [3.63, 3.8) is 0 Å². The zero-order valence-corrected chi connectivity index (χ0v) is 24.5. The first kappa shape index (κ1) is 34.0. The molecule has 45 heavy (non-hydrogen) atoms. The molecular weight excluding hydrogens is 584 g/mol. The van der Waals surface area contributed by atoms with Crippen LogP contribution in [0.15, 0.2) is 65.7 Å².